The number of urea groups is 1. The Morgan fingerprint density at radius 1 is 1.21 bits per heavy atom. The minimum atomic E-state index is -4.33. The van der Waals surface area contributed by atoms with Gasteiger partial charge < -0.3 is 10.6 Å². The summed E-state index contributed by atoms with van der Waals surface area (Å²) in [5.41, 5.74) is 6.64. The number of amides is 2. The van der Waals surface area contributed by atoms with Crippen molar-refractivity contribution in [3.8, 4) is 0 Å². The number of rotatable bonds is 8. The van der Waals surface area contributed by atoms with Gasteiger partial charge in [-0.15, -0.1) is 11.3 Å². The van der Waals surface area contributed by atoms with Gasteiger partial charge in [-0.3, -0.25) is 4.68 Å². The molecule has 0 bridgehead atoms. The first-order valence-corrected chi connectivity index (χ1v) is 14.2. The number of primary amides is 1. The van der Waals surface area contributed by atoms with Crippen molar-refractivity contribution in [3.63, 3.8) is 0 Å². The van der Waals surface area contributed by atoms with Gasteiger partial charge in [0.25, 0.3) is 0 Å². The highest BCUT2D eigenvalue weighted by molar-refractivity contribution is 7.95. The summed E-state index contributed by atoms with van der Waals surface area (Å²) in [5.74, 6) is 0.241. The van der Waals surface area contributed by atoms with E-state index in [1.165, 1.54) is 4.31 Å². The van der Waals surface area contributed by atoms with Crippen molar-refractivity contribution in [2.75, 3.05) is 28.7 Å². The topological polar surface area (TPSA) is 105 Å². The molecular formula is C23H36N6O3S2. The first kappa shape index (κ1) is 25.0. The number of likely N-dealkylation sites (N-methyl/N-ethyl adjacent to an activating group) is 1. The molecule has 1 saturated carbocycles. The van der Waals surface area contributed by atoms with E-state index in [1.807, 2.05) is 31.6 Å². The van der Waals surface area contributed by atoms with Crippen molar-refractivity contribution in [2.24, 2.45) is 5.73 Å². The van der Waals surface area contributed by atoms with Gasteiger partial charge in [0, 0.05) is 22.5 Å². The second-order valence-corrected chi connectivity index (χ2v) is 12.9. The van der Waals surface area contributed by atoms with Gasteiger partial charge in [0.1, 0.15) is 0 Å². The van der Waals surface area contributed by atoms with Crippen LogP contribution < -0.4 is 14.3 Å². The molecule has 2 aromatic heterocycles. The van der Waals surface area contributed by atoms with Gasteiger partial charge >= 0.3 is 16.2 Å². The molecule has 1 aliphatic carbocycles. The second-order valence-electron chi connectivity index (χ2n) is 10.1. The van der Waals surface area contributed by atoms with Gasteiger partial charge in [0.15, 0.2) is 0 Å². The zero-order valence-electron chi connectivity index (χ0n) is 20.6. The molecule has 2 aromatic rings. The van der Waals surface area contributed by atoms with Crippen molar-refractivity contribution in [1.29, 1.82) is 0 Å². The summed E-state index contributed by atoms with van der Waals surface area (Å²) in [4.78, 5) is 16.8. The van der Waals surface area contributed by atoms with Crippen LogP contribution in [0.1, 0.15) is 81.0 Å². The fourth-order valence-electron chi connectivity index (χ4n) is 4.56. The van der Waals surface area contributed by atoms with Crippen LogP contribution in [-0.4, -0.2) is 55.3 Å². The maximum absolute atomic E-state index is 14.3. The number of piperidine rings is 1. The summed E-state index contributed by atoms with van der Waals surface area (Å²) in [6, 6.07) is 0.802. The number of aromatic nitrogens is 2. The number of carbonyl (C=O) groups is 1. The van der Waals surface area contributed by atoms with Gasteiger partial charge in [-0.2, -0.15) is 17.8 Å². The number of nitrogens with two attached hydrogens (primary N) is 1. The molecule has 34 heavy (non-hydrogen) atoms. The largest absolute Gasteiger partial charge is 0.350 e. The van der Waals surface area contributed by atoms with Gasteiger partial charge in [-0.1, -0.05) is 27.7 Å². The van der Waals surface area contributed by atoms with Crippen molar-refractivity contribution >= 4 is 39.0 Å². The van der Waals surface area contributed by atoms with Gasteiger partial charge in [0.2, 0.25) is 0 Å². The van der Waals surface area contributed by atoms with Crippen LogP contribution in [0.15, 0.2) is 18.5 Å². The minimum absolute atomic E-state index is 0.0384. The van der Waals surface area contributed by atoms with Crippen LogP contribution in [0.5, 0.6) is 0 Å². The third-order valence-corrected chi connectivity index (χ3v) is 10.0. The molecule has 2 amide bonds. The van der Waals surface area contributed by atoms with Crippen LogP contribution in [0.2, 0.25) is 0 Å². The molecule has 0 aromatic carbocycles. The Morgan fingerprint density at radius 2 is 1.91 bits per heavy atom. The Bertz CT molecular complexity index is 1140. The molecule has 3 heterocycles. The SMILES string of the molecule is CC(C)c1cc(N(C(N)=O)S(=O)(=O)N(c2cnn(C3CC3)c2)[C@@H]2CCCN(C)C2)c(C(C)C)s1. The summed E-state index contributed by atoms with van der Waals surface area (Å²) in [6.45, 7) is 9.58. The normalized spacial score (nSPS) is 19.7. The van der Waals surface area contributed by atoms with E-state index >= 15 is 0 Å². The van der Waals surface area contributed by atoms with Crippen LogP contribution in [0, 0.1) is 0 Å². The lowest BCUT2D eigenvalue weighted by atomic mass is 10.1. The van der Waals surface area contributed by atoms with Crippen LogP contribution in [-0.2, 0) is 10.2 Å². The van der Waals surface area contributed by atoms with E-state index in [9.17, 15) is 13.2 Å². The molecule has 4 rings (SSSR count). The molecule has 1 atom stereocenters. The fourth-order valence-corrected chi connectivity index (χ4v) is 7.48. The average Bonchev–Trinajstić information content (AvgIpc) is 3.31. The molecule has 2 aliphatic rings. The third-order valence-electron chi connectivity index (χ3n) is 6.45. The van der Waals surface area contributed by atoms with Gasteiger partial charge in [0.05, 0.1) is 29.7 Å². The van der Waals surface area contributed by atoms with E-state index < -0.39 is 16.2 Å². The number of likely N-dealkylation sites (tertiary alicyclic amines) is 1. The van der Waals surface area contributed by atoms with Crippen molar-refractivity contribution in [3.05, 3.63) is 28.2 Å². The highest BCUT2D eigenvalue weighted by Crippen LogP contribution is 2.42. The molecule has 9 nitrogen and oxygen atoms in total. The molecule has 0 spiro atoms. The van der Waals surface area contributed by atoms with E-state index in [1.54, 1.807) is 23.7 Å². The quantitative estimate of drug-likeness (QED) is 0.574. The monoisotopic (exact) mass is 508 g/mol. The lowest BCUT2D eigenvalue weighted by Crippen LogP contribution is -2.56. The highest BCUT2D eigenvalue weighted by Gasteiger charge is 2.42. The first-order chi connectivity index (χ1) is 16.0. The molecule has 0 radical (unpaired) electrons. The van der Waals surface area contributed by atoms with E-state index in [4.69, 9.17) is 5.73 Å². The molecule has 11 heteroatoms. The van der Waals surface area contributed by atoms with Crippen LogP contribution in [0.3, 0.4) is 0 Å². The van der Waals surface area contributed by atoms with E-state index in [0.29, 0.717) is 30.4 Å². The smallest absolute Gasteiger partial charge is 0.334 e. The van der Waals surface area contributed by atoms with Crippen molar-refractivity contribution in [1.82, 2.24) is 14.7 Å². The Balaban J connectivity index is 1.83. The zero-order valence-corrected chi connectivity index (χ0v) is 22.3. The number of hydrogen-bond acceptors (Lipinski definition) is 6. The molecular weight excluding hydrogens is 472 g/mol. The summed E-state index contributed by atoms with van der Waals surface area (Å²) >= 11 is 1.54. The highest BCUT2D eigenvalue weighted by atomic mass is 32.2. The maximum atomic E-state index is 14.3. The number of hydrogen-bond donors (Lipinski definition) is 1. The predicted octanol–water partition coefficient (Wildman–Crippen LogP) is 4.26. The molecule has 1 saturated heterocycles. The van der Waals surface area contributed by atoms with Crippen LogP contribution in [0.4, 0.5) is 16.2 Å². The second kappa shape index (κ2) is 9.50. The number of thiophene rings is 1. The molecule has 0 unspecified atom stereocenters. The Hall–Kier alpha value is -2.11. The Morgan fingerprint density at radius 3 is 2.47 bits per heavy atom. The van der Waals surface area contributed by atoms with E-state index in [0.717, 1.165) is 39.9 Å². The van der Waals surface area contributed by atoms with Crippen LogP contribution in [0.25, 0.3) is 0 Å². The Kier molecular flexibility index (Phi) is 6.99. The summed E-state index contributed by atoms with van der Waals surface area (Å²) in [7, 11) is -2.35. The van der Waals surface area contributed by atoms with Crippen molar-refractivity contribution in [2.45, 2.75) is 77.3 Å². The lowest BCUT2D eigenvalue weighted by molar-refractivity contribution is 0.252. The average molecular weight is 509 g/mol. The number of anilines is 2. The van der Waals surface area contributed by atoms with Crippen LogP contribution >= 0.6 is 11.3 Å². The van der Waals surface area contributed by atoms with E-state index in [-0.39, 0.29) is 17.9 Å². The summed E-state index contributed by atoms with van der Waals surface area (Å²) in [6.07, 6.45) is 7.03. The van der Waals surface area contributed by atoms with Gasteiger partial charge in [-0.25, -0.2) is 9.10 Å². The fraction of sp³-hybridized carbons (Fsp3) is 0.652. The molecule has 2 N–H and O–H groups in total. The molecule has 2 fully saturated rings. The van der Waals surface area contributed by atoms with E-state index in [2.05, 4.69) is 23.8 Å². The standard InChI is InChI=1S/C23H36N6O3S2/c1-15(2)21-11-20(22(33-21)16(3)4)29(23(24)30)34(31,32)28(18-7-6-10-26(5)13-18)19-12-25-27(14-19)17-8-9-17/h11-12,14-18H,6-10,13H2,1-5H3,(H2,24,30)/t18-/m1/s1. The van der Waals surface area contributed by atoms with Crippen molar-refractivity contribution < 1.29 is 13.2 Å². The van der Waals surface area contributed by atoms with Gasteiger partial charge in [-0.05, 0) is 57.2 Å². The maximum Gasteiger partial charge on any atom is 0.334 e. The predicted molar refractivity (Wildman–Crippen MR) is 137 cm³/mol. The first-order valence-electron chi connectivity index (χ1n) is 12.0. The number of carbonyl (C=O) groups excluding carboxylic acids is 1. The molecule has 188 valence electrons. The third kappa shape index (κ3) is 4.83. The molecule has 1 aliphatic heterocycles. The Labute approximate surface area is 206 Å². The lowest BCUT2D eigenvalue weighted by Gasteiger charge is -2.39. The minimum Gasteiger partial charge on any atom is -0.350 e. The summed E-state index contributed by atoms with van der Waals surface area (Å²) in [5, 5.41) is 4.44. The number of nitrogens with zero attached hydrogens (tertiary/aromatic N) is 5. The zero-order chi connectivity index (χ0) is 24.8. The summed E-state index contributed by atoms with van der Waals surface area (Å²) < 4.78 is 32.7.